The van der Waals surface area contributed by atoms with Crippen LogP contribution in [0.2, 0.25) is 0 Å². The number of ether oxygens (including phenoxy) is 1. The number of hydrogen-bond acceptors (Lipinski definition) is 3. The molecule has 4 heteroatoms. The molecule has 0 saturated heterocycles. The molecule has 1 amide bonds. The molecule has 4 nitrogen and oxygen atoms in total. The lowest BCUT2D eigenvalue weighted by atomic mass is 10.0. The van der Waals surface area contributed by atoms with Crippen molar-refractivity contribution >= 4 is 5.91 Å². The van der Waals surface area contributed by atoms with Crippen molar-refractivity contribution in [1.82, 2.24) is 10.6 Å². The van der Waals surface area contributed by atoms with Crippen LogP contribution >= 0.6 is 0 Å². The zero-order chi connectivity index (χ0) is 16.0. The fourth-order valence-electron chi connectivity index (χ4n) is 1.99. The Bertz CT molecular complexity index is 472. The molecular weight excluding hydrogens is 264 g/mol. The number of benzene rings is 1. The van der Waals surface area contributed by atoms with Gasteiger partial charge in [0, 0.05) is 11.6 Å². The van der Waals surface area contributed by atoms with Gasteiger partial charge in [0.15, 0.2) is 0 Å². The van der Waals surface area contributed by atoms with E-state index in [1.54, 1.807) is 7.11 Å². The summed E-state index contributed by atoms with van der Waals surface area (Å²) < 4.78 is 5.23. The van der Waals surface area contributed by atoms with Crippen molar-refractivity contribution in [2.75, 3.05) is 7.11 Å². The Balaban J connectivity index is 2.64. The SMILES string of the molecule is CCC(C)(C)NC(=O)C(C)N[C@@H](C)c1cccc(OC)c1. The van der Waals surface area contributed by atoms with Gasteiger partial charge in [0.2, 0.25) is 5.91 Å². The summed E-state index contributed by atoms with van der Waals surface area (Å²) in [6.45, 7) is 10.1. The summed E-state index contributed by atoms with van der Waals surface area (Å²) in [5.74, 6) is 0.849. The van der Waals surface area contributed by atoms with E-state index in [0.29, 0.717) is 0 Å². The third-order valence-corrected chi connectivity index (χ3v) is 3.83. The second kappa shape index (κ2) is 7.46. The molecule has 0 aliphatic rings. The molecule has 0 fully saturated rings. The molecule has 0 aliphatic carbocycles. The molecule has 0 saturated carbocycles. The number of hydrogen-bond donors (Lipinski definition) is 2. The van der Waals surface area contributed by atoms with E-state index in [1.807, 2.05) is 52.0 Å². The average molecular weight is 292 g/mol. The first-order chi connectivity index (χ1) is 9.79. The molecule has 0 aromatic heterocycles. The van der Waals surface area contributed by atoms with Crippen molar-refractivity contribution in [3.63, 3.8) is 0 Å². The highest BCUT2D eigenvalue weighted by Gasteiger charge is 2.22. The highest BCUT2D eigenvalue weighted by molar-refractivity contribution is 5.82. The molecule has 2 atom stereocenters. The molecule has 1 rings (SSSR count). The van der Waals surface area contributed by atoms with E-state index < -0.39 is 0 Å². The molecule has 0 heterocycles. The number of methoxy groups -OCH3 is 1. The van der Waals surface area contributed by atoms with Crippen molar-refractivity contribution in [1.29, 1.82) is 0 Å². The van der Waals surface area contributed by atoms with E-state index in [-0.39, 0.29) is 23.5 Å². The molecule has 2 N–H and O–H groups in total. The number of amides is 1. The maximum absolute atomic E-state index is 12.2. The second-order valence-electron chi connectivity index (χ2n) is 6.11. The maximum atomic E-state index is 12.2. The monoisotopic (exact) mass is 292 g/mol. The smallest absolute Gasteiger partial charge is 0.237 e. The van der Waals surface area contributed by atoms with Gasteiger partial charge in [-0.15, -0.1) is 0 Å². The van der Waals surface area contributed by atoms with Crippen LogP contribution in [0.15, 0.2) is 24.3 Å². The lowest BCUT2D eigenvalue weighted by Gasteiger charge is -2.28. The Morgan fingerprint density at radius 2 is 2.00 bits per heavy atom. The van der Waals surface area contributed by atoms with Crippen molar-refractivity contribution in [3.8, 4) is 5.75 Å². The Hall–Kier alpha value is -1.55. The fourth-order valence-corrected chi connectivity index (χ4v) is 1.99. The first kappa shape index (κ1) is 17.5. The minimum absolute atomic E-state index is 0.0246. The summed E-state index contributed by atoms with van der Waals surface area (Å²) >= 11 is 0. The van der Waals surface area contributed by atoms with Gasteiger partial charge in [0.05, 0.1) is 13.2 Å². The average Bonchev–Trinajstić information content (AvgIpc) is 2.46. The van der Waals surface area contributed by atoms with Gasteiger partial charge in [-0.2, -0.15) is 0 Å². The van der Waals surface area contributed by atoms with Crippen molar-refractivity contribution < 1.29 is 9.53 Å². The number of carbonyl (C=O) groups excluding carboxylic acids is 1. The van der Waals surface area contributed by atoms with Gasteiger partial charge < -0.3 is 10.1 Å². The summed E-state index contributed by atoms with van der Waals surface area (Å²) in [6.07, 6.45) is 0.900. The van der Waals surface area contributed by atoms with Gasteiger partial charge in [0.1, 0.15) is 5.75 Å². The van der Waals surface area contributed by atoms with E-state index in [9.17, 15) is 4.79 Å². The zero-order valence-electron chi connectivity index (χ0n) is 14.0. The molecule has 1 unspecified atom stereocenters. The number of carbonyl (C=O) groups is 1. The fraction of sp³-hybridized carbons (Fsp3) is 0.588. The summed E-state index contributed by atoms with van der Waals surface area (Å²) in [5.41, 5.74) is 0.926. The molecule has 21 heavy (non-hydrogen) atoms. The van der Waals surface area contributed by atoms with Crippen LogP contribution in [0.3, 0.4) is 0 Å². The maximum Gasteiger partial charge on any atom is 0.237 e. The molecular formula is C17H28N2O2. The lowest BCUT2D eigenvalue weighted by molar-refractivity contribution is -0.124. The van der Waals surface area contributed by atoms with Crippen molar-refractivity contribution in [3.05, 3.63) is 29.8 Å². The third kappa shape index (κ3) is 5.38. The molecule has 0 bridgehead atoms. The number of rotatable bonds is 7. The molecule has 0 aliphatic heterocycles. The van der Waals surface area contributed by atoms with Gasteiger partial charge in [-0.1, -0.05) is 19.1 Å². The van der Waals surface area contributed by atoms with Crippen LogP contribution in [0, 0.1) is 0 Å². The summed E-state index contributed by atoms with van der Waals surface area (Å²) in [6, 6.07) is 7.70. The van der Waals surface area contributed by atoms with Crippen LogP contribution in [-0.2, 0) is 4.79 Å². The summed E-state index contributed by atoms with van der Waals surface area (Å²) in [7, 11) is 1.65. The zero-order valence-corrected chi connectivity index (χ0v) is 14.0. The predicted molar refractivity (Wildman–Crippen MR) is 86.5 cm³/mol. The van der Waals surface area contributed by atoms with E-state index in [4.69, 9.17) is 4.74 Å². The first-order valence-electron chi connectivity index (χ1n) is 7.51. The van der Waals surface area contributed by atoms with Gasteiger partial charge >= 0.3 is 0 Å². The van der Waals surface area contributed by atoms with E-state index in [0.717, 1.165) is 17.7 Å². The van der Waals surface area contributed by atoms with Crippen LogP contribution in [0.25, 0.3) is 0 Å². The lowest BCUT2D eigenvalue weighted by Crippen LogP contribution is -2.51. The Kier molecular flexibility index (Phi) is 6.21. The van der Waals surface area contributed by atoms with Crippen molar-refractivity contribution in [2.24, 2.45) is 0 Å². The number of nitrogens with one attached hydrogen (secondary N) is 2. The Morgan fingerprint density at radius 1 is 1.33 bits per heavy atom. The van der Waals surface area contributed by atoms with Gasteiger partial charge in [-0.05, 0) is 51.8 Å². The largest absolute Gasteiger partial charge is 0.497 e. The molecule has 1 aromatic carbocycles. The Labute approximate surface area is 128 Å². The van der Waals surface area contributed by atoms with Gasteiger partial charge in [-0.3, -0.25) is 10.1 Å². The van der Waals surface area contributed by atoms with Crippen LogP contribution in [0.4, 0.5) is 0 Å². The highest BCUT2D eigenvalue weighted by atomic mass is 16.5. The Morgan fingerprint density at radius 3 is 2.57 bits per heavy atom. The quantitative estimate of drug-likeness (QED) is 0.812. The second-order valence-corrected chi connectivity index (χ2v) is 6.11. The first-order valence-corrected chi connectivity index (χ1v) is 7.51. The van der Waals surface area contributed by atoms with Gasteiger partial charge in [-0.25, -0.2) is 0 Å². The highest BCUT2D eigenvalue weighted by Crippen LogP contribution is 2.19. The third-order valence-electron chi connectivity index (χ3n) is 3.83. The topological polar surface area (TPSA) is 50.4 Å². The van der Waals surface area contributed by atoms with Gasteiger partial charge in [0.25, 0.3) is 0 Å². The van der Waals surface area contributed by atoms with Crippen LogP contribution < -0.4 is 15.4 Å². The predicted octanol–water partition coefficient (Wildman–Crippen LogP) is 3.04. The molecule has 1 aromatic rings. The van der Waals surface area contributed by atoms with Crippen LogP contribution in [-0.4, -0.2) is 24.6 Å². The van der Waals surface area contributed by atoms with E-state index >= 15 is 0 Å². The molecule has 0 spiro atoms. The summed E-state index contributed by atoms with van der Waals surface area (Å²) in [4.78, 5) is 12.2. The van der Waals surface area contributed by atoms with Crippen LogP contribution in [0.1, 0.15) is 52.6 Å². The van der Waals surface area contributed by atoms with Crippen molar-refractivity contribution in [2.45, 2.75) is 58.7 Å². The standard InChI is InChI=1S/C17H28N2O2/c1-7-17(4,5)19-16(20)13(3)18-12(2)14-9-8-10-15(11-14)21-6/h8-13,18H,7H2,1-6H3,(H,19,20)/t12-,13?/m0/s1. The van der Waals surface area contributed by atoms with E-state index in [2.05, 4.69) is 17.6 Å². The molecule has 0 radical (unpaired) electrons. The molecule has 118 valence electrons. The van der Waals surface area contributed by atoms with Crippen LogP contribution in [0.5, 0.6) is 5.75 Å². The minimum atomic E-state index is -0.253. The normalized spacial score (nSPS) is 14.4. The van der Waals surface area contributed by atoms with E-state index in [1.165, 1.54) is 0 Å². The summed E-state index contributed by atoms with van der Waals surface area (Å²) in [5, 5.41) is 6.39. The minimum Gasteiger partial charge on any atom is -0.497 e.